The number of aromatic hydroxyl groups is 1. The molecule has 0 atom stereocenters. The van der Waals surface area contributed by atoms with Gasteiger partial charge < -0.3 is 9.52 Å². The van der Waals surface area contributed by atoms with Crippen molar-refractivity contribution in [1.29, 1.82) is 0 Å². The number of aryl methyl sites for hydroxylation is 1. The summed E-state index contributed by atoms with van der Waals surface area (Å²) in [6.45, 7) is 1.93. The number of nitrogens with zero attached hydrogens (tertiary/aromatic N) is 2. The van der Waals surface area contributed by atoms with E-state index in [1.807, 2.05) is 31.2 Å². The molecule has 27 heavy (non-hydrogen) atoms. The fraction of sp³-hybridized carbons (Fsp3) is 0.0500. The fourth-order valence-corrected chi connectivity index (χ4v) is 3.12. The summed E-state index contributed by atoms with van der Waals surface area (Å²) in [5.74, 6) is -0.288. The Labute approximate surface area is 158 Å². The molecule has 6 nitrogen and oxygen atoms in total. The number of rotatable bonds is 3. The van der Waals surface area contributed by atoms with Crippen LogP contribution in [-0.4, -0.2) is 16.0 Å². The van der Waals surface area contributed by atoms with Crippen LogP contribution in [0.25, 0.3) is 11.0 Å². The van der Waals surface area contributed by atoms with Crippen molar-refractivity contribution in [3.8, 4) is 5.75 Å². The maximum Gasteiger partial charge on any atom is 0.262 e. The molecule has 4 rings (SSSR count). The lowest BCUT2D eigenvalue weighted by Gasteiger charge is -2.06. The normalized spacial score (nSPS) is 11.7. The number of thiazole rings is 1. The van der Waals surface area contributed by atoms with Crippen LogP contribution >= 0.6 is 11.3 Å². The Balaban J connectivity index is 1.91. The first kappa shape index (κ1) is 17.0. The van der Waals surface area contributed by atoms with Gasteiger partial charge in [-0.3, -0.25) is 10.1 Å². The molecule has 4 aromatic rings. The largest absolute Gasteiger partial charge is 0.508 e. The topological polar surface area (TPSA) is 87.7 Å². The van der Waals surface area contributed by atoms with Crippen LogP contribution in [0.15, 0.2) is 69.5 Å². The summed E-state index contributed by atoms with van der Waals surface area (Å²) < 4.78 is 5.87. The summed E-state index contributed by atoms with van der Waals surface area (Å²) in [5.41, 5.74) is 2.54. The number of fused-ring (bicyclic) bond motifs is 1. The number of carbonyl (C=O) groups is 1. The Bertz CT molecular complexity index is 1200. The highest BCUT2D eigenvalue weighted by atomic mass is 32.1. The highest BCUT2D eigenvalue weighted by Crippen LogP contribution is 2.22. The summed E-state index contributed by atoms with van der Waals surface area (Å²) in [6, 6.07) is 14.0. The SMILES string of the molecule is Cc1ccccc1N=c1oc2cc(O)ccc2cc1C(=O)Nc1nccs1. The zero-order chi connectivity index (χ0) is 18.8. The molecular formula is C20H15N3O3S. The number of amides is 1. The molecule has 2 N–H and O–H groups in total. The third-order valence-electron chi connectivity index (χ3n) is 3.97. The Morgan fingerprint density at radius 2 is 2.07 bits per heavy atom. The van der Waals surface area contributed by atoms with E-state index in [4.69, 9.17) is 4.42 Å². The van der Waals surface area contributed by atoms with Crippen LogP contribution in [0.3, 0.4) is 0 Å². The van der Waals surface area contributed by atoms with Gasteiger partial charge in [0.15, 0.2) is 5.13 Å². The quantitative estimate of drug-likeness (QED) is 0.554. The second-order valence-electron chi connectivity index (χ2n) is 5.88. The first-order chi connectivity index (χ1) is 13.1. The molecule has 2 aromatic heterocycles. The third-order valence-corrected chi connectivity index (χ3v) is 4.66. The number of aromatic nitrogens is 1. The van der Waals surface area contributed by atoms with Gasteiger partial charge in [-0.2, -0.15) is 0 Å². The Kier molecular flexibility index (Phi) is 4.43. The van der Waals surface area contributed by atoms with E-state index >= 15 is 0 Å². The maximum atomic E-state index is 12.8. The number of phenolic OH excluding ortho intramolecular Hbond substituents is 1. The van der Waals surface area contributed by atoms with Crippen molar-refractivity contribution < 1.29 is 14.3 Å². The Morgan fingerprint density at radius 3 is 2.85 bits per heavy atom. The molecule has 0 fully saturated rings. The molecule has 0 spiro atoms. The van der Waals surface area contributed by atoms with Gasteiger partial charge in [-0.15, -0.1) is 11.3 Å². The van der Waals surface area contributed by atoms with Gasteiger partial charge in [0.25, 0.3) is 5.91 Å². The second-order valence-corrected chi connectivity index (χ2v) is 6.77. The molecule has 7 heteroatoms. The number of benzene rings is 2. The van der Waals surface area contributed by atoms with Crippen LogP contribution < -0.4 is 10.9 Å². The van der Waals surface area contributed by atoms with Crippen molar-refractivity contribution in [3.05, 3.63) is 76.8 Å². The average Bonchev–Trinajstić information content (AvgIpc) is 3.16. The molecule has 0 radical (unpaired) electrons. The molecule has 0 aliphatic carbocycles. The Hall–Kier alpha value is -3.45. The molecule has 0 aliphatic heterocycles. The molecule has 0 aliphatic rings. The van der Waals surface area contributed by atoms with Crippen LogP contribution in [0, 0.1) is 6.92 Å². The molecule has 2 heterocycles. The minimum Gasteiger partial charge on any atom is -0.508 e. The van der Waals surface area contributed by atoms with Gasteiger partial charge in [0.1, 0.15) is 16.9 Å². The van der Waals surface area contributed by atoms with Crippen molar-refractivity contribution in [3.63, 3.8) is 0 Å². The van der Waals surface area contributed by atoms with Crippen molar-refractivity contribution in [1.82, 2.24) is 4.98 Å². The number of anilines is 1. The second kappa shape index (κ2) is 7.05. The lowest BCUT2D eigenvalue weighted by Crippen LogP contribution is -2.21. The number of carbonyl (C=O) groups excluding carboxylic acids is 1. The number of para-hydroxylation sites is 1. The first-order valence-corrected chi connectivity index (χ1v) is 9.06. The van der Waals surface area contributed by atoms with Gasteiger partial charge in [-0.1, -0.05) is 18.2 Å². The van der Waals surface area contributed by atoms with E-state index in [1.165, 1.54) is 17.4 Å². The van der Waals surface area contributed by atoms with Gasteiger partial charge >= 0.3 is 0 Å². The van der Waals surface area contributed by atoms with Crippen LogP contribution in [0.1, 0.15) is 15.9 Å². The first-order valence-electron chi connectivity index (χ1n) is 8.18. The van der Waals surface area contributed by atoms with E-state index in [-0.39, 0.29) is 22.8 Å². The number of hydrogen-bond acceptors (Lipinski definition) is 6. The third kappa shape index (κ3) is 3.58. The van der Waals surface area contributed by atoms with E-state index in [0.29, 0.717) is 21.8 Å². The van der Waals surface area contributed by atoms with Crippen LogP contribution in [0.2, 0.25) is 0 Å². The van der Waals surface area contributed by atoms with Crippen LogP contribution in [0.4, 0.5) is 10.8 Å². The zero-order valence-electron chi connectivity index (χ0n) is 14.3. The average molecular weight is 377 g/mol. The minimum absolute atomic E-state index is 0.0769. The minimum atomic E-state index is -0.365. The van der Waals surface area contributed by atoms with Gasteiger partial charge in [0, 0.05) is 23.0 Å². The van der Waals surface area contributed by atoms with Gasteiger partial charge in [0.2, 0.25) is 5.55 Å². The Morgan fingerprint density at radius 1 is 1.22 bits per heavy atom. The zero-order valence-corrected chi connectivity index (χ0v) is 15.2. The number of nitrogens with one attached hydrogen (secondary N) is 1. The fourth-order valence-electron chi connectivity index (χ4n) is 2.60. The molecule has 0 unspecified atom stereocenters. The van der Waals surface area contributed by atoms with Crippen LogP contribution in [-0.2, 0) is 0 Å². The molecular weight excluding hydrogens is 362 g/mol. The van der Waals surface area contributed by atoms with Crippen LogP contribution in [0.5, 0.6) is 5.75 Å². The van der Waals surface area contributed by atoms with E-state index < -0.39 is 0 Å². The van der Waals surface area contributed by atoms with Gasteiger partial charge in [-0.05, 0) is 36.8 Å². The molecule has 0 bridgehead atoms. The van der Waals surface area contributed by atoms with E-state index in [2.05, 4.69) is 15.3 Å². The highest BCUT2D eigenvalue weighted by Gasteiger charge is 2.14. The number of hydrogen-bond donors (Lipinski definition) is 2. The predicted molar refractivity (Wildman–Crippen MR) is 104 cm³/mol. The molecule has 134 valence electrons. The summed E-state index contributed by atoms with van der Waals surface area (Å²) in [5, 5.41) is 15.4. The van der Waals surface area contributed by atoms with Crippen molar-refractivity contribution >= 4 is 39.0 Å². The van der Waals surface area contributed by atoms with E-state index in [0.717, 1.165) is 5.56 Å². The molecule has 0 saturated heterocycles. The van der Waals surface area contributed by atoms with Crippen molar-refractivity contribution in [2.75, 3.05) is 5.32 Å². The standard InChI is InChI=1S/C20H15N3O3S/c1-12-4-2-3-5-16(12)22-19-15(18(25)23-20-21-8-9-27-20)10-13-6-7-14(24)11-17(13)26-19/h2-11,24H,1H3,(H,21,23,25). The molecule has 1 amide bonds. The van der Waals surface area contributed by atoms with Crippen molar-refractivity contribution in [2.45, 2.75) is 6.92 Å². The lowest BCUT2D eigenvalue weighted by molar-refractivity contribution is 0.102. The lowest BCUT2D eigenvalue weighted by atomic mass is 10.1. The van der Waals surface area contributed by atoms with Gasteiger partial charge in [-0.25, -0.2) is 9.98 Å². The predicted octanol–water partition coefficient (Wildman–Crippen LogP) is 4.39. The van der Waals surface area contributed by atoms with E-state index in [9.17, 15) is 9.90 Å². The summed E-state index contributed by atoms with van der Waals surface area (Å²) in [4.78, 5) is 21.4. The number of phenols is 1. The van der Waals surface area contributed by atoms with Crippen molar-refractivity contribution in [2.24, 2.45) is 4.99 Å². The molecule has 0 saturated carbocycles. The summed E-state index contributed by atoms with van der Waals surface area (Å²) in [7, 11) is 0. The van der Waals surface area contributed by atoms with Gasteiger partial charge in [0.05, 0.1) is 5.69 Å². The maximum absolute atomic E-state index is 12.8. The van der Waals surface area contributed by atoms with E-state index in [1.54, 1.807) is 29.8 Å². The molecule has 2 aromatic carbocycles. The smallest absolute Gasteiger partial charge is 0.262 e. The summed E-state index contributed by atoms with van der Waals surface area (Å²) in [6.07, 6.45) is 1.62. The highest BCUT2D eigenvalue weighted by molar-refractivity contribution is 7.13. The summed E-state index contributed by atoms with van der Waals surface area (Å²) >= 11 is 1.33. The monoisotopic (exact) mass is 377 g/mol.